The molecule has 0 saturated carbocycles. The Morgan fingerprint density at radius 3 is 2.67 bits per heavy atom. The molecule has 0 radical (unpaired) electrons. The van der Waals surface area contributed by atoms with Gasteiger partial charge in [0.25, 0.3) is 0 Å². The first-order chi connectivity index (χ1) is 14.5. The molecular weight excluding hydrogens is 416 g/mol. The van der Waals surface area contributed by atoms with Crippen LogP contribution in [0, 0.1) is 0 Å². The minimum Gasteiger partial charge on any atom is -0.492 e. The van der Waals surface area contributed by atoms with E-state index < -0.39 is 12.1 Å². The smallest absolute Gasteiger partial charge is 0.356 e. The second kappa shape index (κ2) is 9.48. The number of nitrogens with one attached hydrogen (secondary N) is 1. The maximum Gasteiger partial charge on any atom is 0.356 e. The number of hydrazone groups is 1. The molecule has 0 amide bonds. The minimum atomic E-state index is -0.502. The summed E-state index contributed by atoms with van der Waals surface area (Å²) < 4.78 is 27.3. The number of nitrogens with two attached hydrogens (primary N) is 1. The Morgan fingerprint density at radius 2 is 2.03 bits per heavy atom. The van der Waals surface area contributed by atoms with Crippen LogP contribution in [0.4, 0.5) is 0 Å². The molecule has 0 fully saturated rings. The summed E-state index contributed by atoms with van der Waals surface area (Å²) in [4.78, 5) is 17.4. The molecule has 1 atom stereocenters. The van der Waals surface area contributed by atoms with Crippen LogP contribution in [0.15, 0.2) is 10.3 Å². The van der Waals surface area contributed by atoms with Crippen molar-refractivity contribution in [3.63, 3.8) is 0 Å². The van der Waals surface area contributed by atoms with Crippen LogP contribution >= 0.6 is 12.2 Å². The van der Waals surface area contributed by atoms with Gasteiger partial charge in [-0.3, -0.25) is 5.43 Å². The average molecular weight is 438 g/mol. The van der Waals surface area contributed by atoms with Crippen LogP contribution < -0.4 is 30.1 Å². The fraction of sp³-hybridized carbons (Fsp3) is 0.444. The molecule has 12 heteroatoms. The van der Waals surface area contributed by atoms with Crippen LogP contribution in [0.5, 0.6) is 23.0 Å². The Labute approximate surface area is 178 Å². The van der Waals surface area contributed by atoms with Gasteiger partial charge >= 0.3 is 5.97 Å². The largest absolute Gasteiger partial charge is 0.492 e. The molecule has 3 rings (SSSR count). The molecule has 2 aliphatic heterocycles. The molecule has 2 heterocycles. The molecule has 1 aromatic carbocycles. The van der Waals surface area contributed by atoms with Crippen molar-refractivity contribution in [3.05, 3.63) is 11.1 Å². The standard InChI is InChI=1S/C18H22N4O7S/c1-4-26-17(23)12-6-9(29-22-12)5-10-11(7-20-21-18(19)30)14(25-3)16-15(13(10)24-2)27-8-28-16/h7,9H,4-6,8H2,1-3H3,(H3,19,21,30)/b20-7-. The first kappa shape index (κ1) is 21.4. The van der Waals surface area contributed by atoms with Crippen molar-refractivity contribution in [2.24, 2.45) is 16.0 Å². The number of rotatable bonds is 8. The Hall–Kier alpha value is -3.28. The van der Waals surface area contributed by atoms with Crippen LogP contribution in [0.25, 0.3) is 0 Å². The number of thiocarbonyl (C=S) groups is 1. The molecule has 30 heavy (non-hydrogen) atoms. The van der Waals surface area contributed by atoms with E-state index in [2.05, 4.69) is 15.7 Å². The molecule has 0 aliphatic carbocycles. The van der Waals surface area contributed by atoms with Gasteiger partial charge in [0.2, 0.25) is 18.3 Å². The number of hydrogen-bond acceptors (Lipinski definition) is 10. The highest BCUT2D eigenvalue weighted by Gasteiger charge is 2.34. The van der Waals surface area contributed by atoms with Crippen molar-refractivity contribution < 1.29 is 33.3 Å². The summed E-state index contributed by atoms with van der Waals surface area (Å²) in [5.74, 6) is 1.14. The van der Waals surface area contributed by atoms with Crippen molar-refractivity contribution in [2.75, 3.05) is 27.6 Å². The lowest BCUT2D eigenvalue weighted by Gasteiger charge is -2.19. The van der Waals surface area contributed by atoms with Crippen molar-refractivity contribution in [3.8, 4) is 23.0 Å². The maximum absolute atomic E-state index is 11.9. The summed E-state index contributed by atoms with van der Waals surface area (Å²) >= 11 is 4.78. The van der Waals surface area contributed by atoms with Crippen LogP contribution in [0.2, 0.25) is 0 Å². The first-order valence-corrected chi connectivity index (χ1v) is 9.45. The van der Waals surface area contributed by atoms with E-state index in [0.29, 0.717) is 40.5 Å². The number of nitrogens with zero attached hydrogens (tertiary/aromatic N) is 2. The number of carbonyl (C=O) groups is 1. The number of fused-ring (bicyclic) bond motifs is 1. The predicted octanol–water partition coefficient (Wildman–Crippen LogP) is 0.850. The summed E-state index contributed by atoms with van der Waals surface area (Å²) in [6.45, 7) is 2.00. The van der Waals surface area contributed by atoms with Gasteiger partial charge in [0.05, 0.1) is 27.0 Å². The average Bonchev–Trinajstić information content (AvgIpc) is 3.38. The molecule has 11 nitrogen and oxygen atoms in total. The van der Waals surface area contributed by atoms with Crippen molar-refractivity contribution in [1.29, 1.82) is 0 Å². The van der Waals surface area contributed by atoms with Crippen molar-refractivity contribution >= 4 is 35.2 Å². The highest BCUT2D eigenvalue weighted by atomic mass is 32.1. The van der Waals surface area contributed by atoms with E-state index in [1.807, 2.05) is 0 Å². The third-order valence-corrected chi connectivity index (χ3v) is 4.41. The summed E-state index contributed by atoms with van der Waals surface area (Å²) in [5, 5.41) is 7.89. The second-order valence-corrected chi connectivity index (χ2v) is 6.59. The van der Waals surface area contributed by atoms with Gasteiger partial charge in [0, 0.05) is 24.0 Å². The molecule has 0 spiro atoms. The van der Waals surface area contributed by atoms with E-state index in [1.54, 1.807) is 6.92 Å². The van der Waals surface area contributed by atoms with E-state index in [1.165, 1.54) is 20.4 Å². The van der Waals surface area contributed by atoms with Gasteiger partial charge in [0.1, 0.15) is 6.10 Å². The summed E-state index contributed by atoms with van der Waals surface area (Å²) in [6.07, 6.45) is 1.65. The van der Waals surface area contributed by atoms with Gasteiger partial charge in [-0.2, -0.15) is 5.10 Å². The fourth-order valence-electron chi connectivity index (χ4n) is 3.15. The van der Waals surface area contributed by atoms with Gasteiger partial charge in [-0.1, -0.05) is 5.16 Å². The minimum absolute atomic E-state index is 0.00563. The third-order valence-electron chi connectivity index (χ3n) is 4.32. The van der Waals surface area contributed by atoms with Crippen molar-refractivity contribution in [1.82, 2.24) is 5.43 Å². The zero-order valence-electron chi connectivity index (χ0n) is 16.7. The number of esters is 1. The van der Waals surface area contributed by atoms with Gasteiger partial charge in [-0.15, -0.1) is 0 Å². The van der Waals surface area contributed by atoms with Gasteiger partial charge in [-0.25, -0.2) is 4.79 Å². The van der Waals surface area contributed by atoms with E-state index >= 15 is 0 Å². The lowest BCUT2D eigenvalue weighted by Crippen LogP contribution is -2.24. The Morgan fingerprint density at radius 1 is 1.33 bits per heavy atom. The lowest BCUT2D eigenvalue weighted by atomic mass is 9.96. The molecule has 0 aromatic heterocycles. The zero-order chi connectivity index (χ0) is 21.7. The summed E-state index contributed by atoms with van der Waals surface area (Å²) in [7, 11) is 3.01. The normalized spacial score (nSPS) is 16.8. The highest BCUT2D eigenvalue weighted by Crippen LogP contribution is 2.52. The molecule has 0 bridgehead atoms. The maximum atomic E-state index is 11.9. The van der Waals surface area contributed by atoms with E-state index in [4.69, 9.17) is 46.5 Å². The number of methoxy groups -OCH3 is 2. The fourth-order valence-corrected chi connectivity index (χ4v) is 3.21. The second-order valence-electron chi connectivity index (χ2n) is 6.15. The molecule has 162 valence electrons. The molecular formula is C18H22N4O7S. The van der Waals surface area contributed by atoms with E-state index in [0.717, 1.165) is 0 Å². The topological polar surface area (TPSA) is 135 Å². The van der Waals surface area contributed by atoms with Crippen LogP contribution in [0.1, 0.15) is 24.5 Å². The summed E-state index contributed by atoms with van der Waals surface area (Å²) in [5.41, 5.74) is 9.38. The number of carbonyl (C=O) groups excluding carboxylic acids is 1. The first-order valence-electron chi connectivity index (χ1n) is 9.04. The molecule has 3 N–H and O–H groups in total. The number of benzene rings is 1. The lowest BCUT2D eigenvalue weighted by molar-refractivity contribution is -0.135. The van der Waals surface area contributed by atoms with Crippen molar-refractivity contribution in [2.45, 2.75) is 25.9 Å². The van der Waals surface area contributed by atoms with Crippen LogP contribution in [0.3, 0.4) is 0 Å². The third kappa shape index (κ3) is 4.32. The Kier molecular flexibility index (Phi) is 6.77. The van der Waals surface area contributed by atoms with Gasteiger partial charge in [0.15, 0.2) is 22.3 Å². The van der Waals surface area contributed by atoms with Gasteiger partial charge < -0.3 is 34.3 Å². The van der Waals surface area contributed by atoms with E-state index in [-0.39, 0.29) is 30.6 Å². The van der Waals surface area contributed by atoms with Gasteiger partial charge in [-0.05, 0) is 19.1 Å². The van der Waals surface area contributed by atoms with Crippen LogP contribution in [-0.2, 0) is 20.8 Å². The molecule has 1 unspecified atom stereocenters. The Balaban J connectivity index is 1.97. The number of oxime groups is 1. The zero-order valence-corrected chi connectivity index (χ0v) is 17.5. The molecule has 2 aliphatic rings. The predicted molar refractivity (Wildman–Crippen MR) is 110 cm³/mol. The summed E-state index contributed by atoms with van der Waals surface area (Å²) in [6, 6.07) is 0. The van der Waals surface area contributed by atoms with E-state index in [9.17, 15) is 4.79 Å². The Bertz CT molecular complexity index is 903. The van der Waals surface area contributed by atoms with Crippen LogP contribution in [-0.4, -0.2) is 56.7 Å². The number of hydrogen-bond donors (Lipinski definition) is 2. The highest BCUT2D eigenvalue weighted by molar-refractivity contribution is 7.80. The monoisotopic (exact) mass is 438 g/mol. The molecule has 1 aromatic rings. The number of ether oxygens (including phenoxy) is 5. The quantitative estimate of drug-likeness (QED) is 0.260. The SMILES string of the molecule is CCOC(=O)C1=NOC(Cc2c(/C=N\NC(N)=S)c(OC)c3c(c2OC)OCO3)C1. The molecule has 0 saturated heterocycles.